The maximum absolute atomic E-state index is 11.7. The van der Waals surface area contributed by atoms with Crippen LogP contribution >= 0.6 is 0 Å². The molecule has 0 saturated carbocycles. The number of hydrogen-bond acceptors (Lipinski definition) is 3. The highest BCUT2D eigenvalue weighted by molar-refractivity contribution is 5.78. The maximum atomic E-state index is 11.7. The van der Waals surface area contributed by atoms with Gasteiger partial charge in [-0.15, -0.1) is 0 Å². The standard InChI is InChI=1S/C14H18N4O/c1-18-11-13(10-17-18)5-3-7-16-14(19)8-12-4-2-6-15-9-12/h2,4,6,9-11H,3,5,7-8H2,1H3,(H,16,19). The van der Waals surface area contributed by atoms with Crippen LogP contribution in [-0.4, -0.2) is 27.2 Å². The van der Waals surface area contributed by atoms with E-state index in [1.165, 1.54) is 5.56 Å². The van der Waals surface area contributed by atoms with Gasteiger partial charge in [-0.05, 0) is 30.0 Å². The smallest absolute Gasteiger partial charge is 0.224 e. The van der Waals surface area contributed by atoms with E-state index >= 15 is 0 Å². The van der Waals surface area contributed by atoms with Crippen LogP contribution in [0, 0.1) is 0 Å². The third-order valence-corrected chi connectivity index (χ3v) is 2.81. The second-order valence-electron chi connectivity index (χ2n) is 4.51. The van der Waals surface area contributed by atoms with Gasteiger partial charge in [-0.25, -0.2) is 0 Å². The van der Waals surface area contributed by atoms with Crippen molar-refractivity contribution in [3.63, 3.8) is 0 Å². The van der Waals surface area contributed by atoms with Crippen molar-refractivity contribution in [3.05, 3.63) is 48.0 Å². The zero-order chi connectivity index (χ0) is 13.5. The predicted octanol–water partition coefficient (Wildman–Crippen LogP) is 1.11. The molecule has 2 heterocycles. The summed E-state index contributed by atoms with van der Waals surface area (Å²) < 4.78 is 1.79. The van der Waals surface area contributed by atoms with E-state index < -0.39 is 0 Å². The van der Waals surface area contributed by atoms with Crippen LogP contribution in [0.1, 0.15) is 17.5 Å². The van der Waals surface area contributed by atoms with Crippen molar-refractivity contribution in [2.75, 3.05) is 6.54 Å². The van der Waals surface area contributed by atoms with Crippen molar-refractivity contribution in [3.8, 4) is 0 Å². The molecule has 0 bridgehead atoms. The Hall–Kier alpha value is -2.17. The van der Waals surface area contributed by atoms with Crippen molar-refractivity contribution in [2.24, 2.45) is 7.05 Å². The van der Waals surface area contributed by atoms with Gasteiger partial charge in [0.15, 0.2) is 0 Å². The van der Waals surface area contributed by atoms with Gasteiger partial charge in [0, 0.05) is 32.2 Å². The zero-order valence-corrected chi connectivity index (χ0v) is 11.0. The van der Waals surface area contributed by atoms with Crippen molar-refractivity contribution in [2.45, 2.75) is 19.3 Å². The van der Waals surface area contributed by atoms with Gasteiger partial charge in [-0.3, -0.25) is 14.5 Å². The number of rotatable bonds is 6. The van der Waals surface area contributed by atoms with Gasteiger partial charge in [0.1, 0.15) is 0 Å². The lowest BCUT2D eigenvalue weighted by atomic mass is 10.2. The molecular formula is C14H18N4O. The van der Waals surface area contributed by atoms with E-state index in [-0.39, 0.29) is 5.91 Å². The second kappa shape index (κ2) is 6.68. The molecule has 0 saturated heterocycles. The molecule has 0 aliphatic carbocycles. The lowest BCUT2D eigenvalue weighted by molar-refractivity contribution is -0.120. The SMILES string of the molecule is Cn1cc(CCCNC(=O)Cc2cccnc2)cn1. The van der Waals surface area contributed by atoms with E-state index in [4.69, 9.17) is 0 Å². The molecule has 0 atom stereocenters. The first kappa shape index (κ1) is 13.3. The van der Waals surface area contributed by atoms with Crippen LogP contribution in [-0.2, 0) is 24.7 Å². The highest BCUT2D eigenvalue weighted by atomic mass is 16.1. The quantitative estimate of drug-likeness (QED) is 0.789. The first-order chi connectivity index (χ1) is 9.24. The molecule has 19 heavy (non-hydrogen) atoms. The van der Waals surface area contributed by atoms with Gasteiger partial charge in [-0.1, -0.05) is 6.07 Å². The Morgan fingerprint density at radius 2 is 2.26 bits per heavy atom. The first-order valence-corrected chi connectivity index (χ1v) is 6.37. The van der Waals surface area contributed by atoms with E-state index in [2.05, 4.69) is 15.4 Å². The Labute approximate surface area is 112 Å². The number of nitrogens with one attached hydrogen (secondary N) is 1. The summed E-state index contributed by atoms with van der Waals surface area (Å²) in [6.07, 6.45) is 9.52. The van der Waals surface area contributed by atoms with Crippen molar-refractivity contribution in [1.29, 1.82) is 0 Å². The van der Waals surface area contributed by atoms with Gasteiger partial charge >= 0.3 is 0 Å². The Kier molecular flexibility index (Phi) is 4.66. The van der Waals surface area contributed by atoms with Crippen LogP contribution in [0.4, 0.5) is 0 Å². The predicted molar refractivity (Wildman–Crippen MR) is 72.5 cm³/mol. The molecule has 5 nitrogen and oxygen atoms in total. The number of aryl methyl sites for hydroxylation is 2. The molecule has 0 radical (unpaired) electrons. The summed E-state index contributed by atoms with van der Waals surface area (Å²) in [5.41, 5.74) is 2.14. The highest BCUT2D eigenvalue weighted by Gasteiger charge is 2.02. The van der Waals surface area contributed by atoms with E-state index in [1.54, 1.807) is 17.1 Å². The summed E-state index contributed by atoms with van der Waals surface area (Å²) in [5, 5.41) is 7.02. The Morgan fingerprint density at radius 3 is 2.95 bits per heavy atom. The minimum absolute atomic E-state index is 0.0409. The fourth-order valence-corrected chi connectivity index (χ4v) is 1.87. The Bertz CT molecular complexity index is 521. The van der Waals surface area contributed by atoms with Crippen molar-refractivity contribution in [1.82, 2.24) is 20.1 Å². The van der Waals surface area contributed by atoms with E-state index in [1.807, 2.05) is 31.6 Å². The van der Waals surface area contributed by atoms with Gasteiger partial charge in [0.2, 0.25) is 5.91 Å². The average Bonchev–Trinajstić information content (AvgIpc) is 2.82. The molecule has 0 unspecified atom stereocenters. The molecular weight excluding hydrogens is 240 g/mol. The van der Waals surface area contributed by atoms with Crippen LogP contribution in [0.3, 0.4) is 0 Å². The molecule has 100 valence electrons. The second-order valence-corrected chi connectivity index (χ2v) is 4.51. The molecule has 5 heteroatoms. The van der Waals surface area contributed by atoms with Crippen LogP contribution in [0.5, 0.6) is 0 Å². The number of aromatic nitrogens is 3. The number of carbonyl (C=O) groups excluding carboxylic acids is 1. The van der Waals surface area contributed by atoms with Gasteiger partial charge in [0.25, 0.3) is 0 Å². The maximum Gasteiger partial charge on any atom is 0.224 e. The van der Waals surface area contributed by atoms with Crippen LogP contribution in [0.15, 0.2) is 36.9 Å². The third-order valence-electron chi connectivity index (χ3n) is 2.81. The minimum atomic E-state index is 0.0409. The molecule has 0 aliphatic rings. The van der Waals surface area contributed by atoms with Crippen molar-refractivity contribution < 1.29 is 4.79 Å². The topological polar surface area (TPSA) is 59.8 Å². The summed E-state index contributed by atoms with van der Waals surface area (Å²) >= 11 is 0. The van der Waals surface area contributed by atoms with Gasteiger partial charge in [0.05, 0.1) is 12.6 Å². The van der Waals surface area contributed by atoms with Crippen molar-refractivity contribution >= 4 is 5.91 Å². The minimum Gasteiger partial charge on any atom is -0.356 e. The number of pyridine rings is 1. The molecule has 0 fully saturated rings. The fourth-order valence-electron chi connectivity index (χ4n) is 1.87. The Morgan fingerprint density at radius 1 is 1.37 bits per heavy atom. The molecule has 0 aliphatic heterocycles. The monoisotopic (exact) mass is 258 g/mol. The summed E-state index contributed by atoms with van der Waals surface area (Å²) in [6.45, 7) is 0.688. The van der Waals surface area contributed by atoms with E-state index in [0.717, 1.165) is 18.4 Å². The van der Waals surface area contributed by atoms with E-state index in [0.29, 0.717) is 13.0 Å². The third kappa shape index (κ3) is 4.54. The molecule has 2 rings (SSSR count). The number of hydrogen-bond donors (Lipinski definition) is 1. The van der Waals surface area contributed by atoms with Gasteiger partial charge < -0.3 is 5.32 Å². The molecule has 0 aromatic carbocycles. The lowest BCUT2D eigenvalue weighted by Crippen LogP contribution is -2.26. The molecule has 2 aromatic heterocycles. The van der Waals surface area contributed by atoms with E-state index in [9.17, 15) is 4.79 Å². The lowest BCUT2D eigenvalue weighted by Gasteiger charge is -2.04. The summed E-state index contributed by atoms with van der Waals surface area (Å²) in [4.78, 5) is 15.7. The van der Waals surface area contributed by atoms with Gasteiger partial charge in [-0.2, -0.15) is 5.10 Å². The molecule has 1 N–H and O–H groups in total. The Balaban J connectivity index is 1.64. The summed E-state index contributed by atoms with van der Waals surface area (Å²) in [5.74, 6) is 0.0409. The molecule has 0 spiro atoms. The highest BCUT2D eigenvalue weighted by Crippen LogP contribution is 2.00. The van der Waals surface area contributed by atoms with Crippen LogP contribution < -0.4 is 5.32 Å². The first-order valence-electron chi connectivity index (χ1n) is 6.37. The number of nitrogens with zero attached hydrogens (tertiary/aromatic N) is 3. The normalized spacial score (nSPS) is 10.4. The summed E-state index contributed by atoms with van der Waals surface area (Å²) in [7, 11) is 1.90. The number of amides is 1. The average molecular weight is 258 g/mol. The zero-order valence-electron chi connectivity index (χ0n) is 11.0. The number of carbonyl (C=O) groups is 1. The van der Waals surface area contributed by atoms with Crippen LogP contribution in [0.2, 0.25) is 0 Å². The largest absolute Gasteiger partial charge is 0.356 e. The molecule has 2 aromatic rings. The van der Waals surface area contributed by atoms with Crippen LogP contribution in [0.25, 0.3) is 0 Å². The fraction of sp³-hybridized carbons (Fsp3) is 0.357. The molecule has 1 amide bonds. The summed E-state index contributed by atoms with van der Waals surface area (Å²) in [6, 6.07) is 3.74.